The number of carbonyl (C=O) groups excluding carboxylic acids is 1. The van der Waals surface area contributed by atoms with Gasteiger partial charge in [0.15, 0.2) is 0 Å². The van der Waals surface area contributed by atoms with E-state index in [1.807, 2.05) is 30.0 Å². The molecule has 1 aromatic carbocycles. The van der Waals surface area contributed by atoms with Crippen LogP contribution in [0, 0.1) is 0 Å². The first-order valence-electron chi connectivity index (χ1n) is 7.00. The minimum atomic E-state index is -0.460. The molecule has 0 aliphatic heterocycles. The number of hydrogen-bond acceptors (Lipinski definition) is 3. The third-order valence-electron chi connectivity index (χ3n) is 3.32. The Kier molecular flexibility index (Phi) is 5.05. The average molecular weight is 341 g/mol. The highest BCUT2D eigenvalue weighted by Gasteiger charge is 2.34. The Labute approximate surface area is 128 Å². The normalized spacial score (nSPS) is 15.8. The number of hydrogen-bond donors (Lipinski definition) is 1. The number of rotatable bonds is 6. The SMILES string of the molecule is CCOc1ccc(Br)cc1CN(C(=O)[C@@H](C)N)C1CC1. The summed E-state index contributed by atoms with van der Waals surface area (Å²) >= 11 is 3.47. The zero-order chi connectivity index (χ0) is 14.7. The summed E-state index contributed by atoms with van der Waals surface area (Å²) in [7, 11) is 0. The van der Waals surface area contributed by atoms with E-state index in [4.69, 9.17) is 10.5 Å². The molecule has 1 fully saturated rings. The lowest BCUT2D eigenvalue weighted by atomic mass is 10.1. The molecule has 2 N–H and O–H groups in total. The molecule has 0 saturated heterocycles. The molecule has 5 heteroatoms. The molecule has 1 aliphatic rings. The summed E-state index contributed by atoms with van der Waals surface area (Å²) in [5.74, 6) is 0.841. The molecule has 4 nitrogen and oxygen atoms in total. The molecule has 1 saturated carbocycles. The van der Waals surface area contributed by atoms with Gasteiger partial charge in [-0.2, -0.15) is 0 Å². The zero-order valence-electron chi connectivity index (χ0n) is 11.9. The van der Waals surface area contributed by atoms with Gasteiger partial charge in [0, 0.05) is 22.6 Å². The standard InChI is InChI=1S/C15H21BrN2O2/c1-3-20-14-7-4-12(16)8-11(14)9-18(13-5-6-13)15(19)10(2)17/h4,7-8,10,13H,3,5-6,9,17H2,1-2H3/t10-/m1/s1. The average Bonchev–Trinajstić information content (AvgIpc) is 3.22. The summed E-state index contributed by atoms with van der Waals surface area (Å²) in [5.41, 5.74) is 6.77. The molecule has 0 radical (unpaired) electrons. The van der Waals surface area contributed by atoms with Gasteiger partial charge in [0.2, 0.25) is 5.91 Å². The summed E-state index contributed by atoms with van der Waals surface area (Å²) in [4.78, 5) is 14.1. The van der Waals surface area contributed by atoms with Crippen LogP contribution in [0.25, 0.3) is 0 Å². The van der Waals surface area contributed by atoms with Crippen LogP contribution in [0.3, 0.4) is 0 Å². The van der Waals surface area contributed by atoms with Crippen LogP contribution in [0.4, 0.5) is 0 Å². The predicted octanol–water partition coefficient (Wildman–Crippen LogP) is 2.69. The molecule has 110 valence electrons. The molecule has 0 spiro atoms. The van der Waals surface area contributed by atoms with Crippen LogP contribution in [-0.2, 0) is 11.3 Å². The van der Waals surface area contributed by atoms with E-state index in [1.54, 1.807) is 6.92 Å². The molecule has 1 aliphatic carbocycles. The fraction of sp³-hybridized carbons (Fsp3) is 0.533. The van der Waals surface area contributed by atoms with Gasteiger partial charge in [-0.3, -0.25) is 4.79 Å². The summed E-state index contributed by atoms with van der Waals surface area (Å²) in [6, 6.07) is 5.77. The molecule has 1 aromatic rings. The monoisotopic (exact) mass is 340 g/mol. The van der Waals surface area contributed by atoms with Crippen molar-refractivity contribution in [2.75, 3.05) is 6.61 Å². The van der Waals surface area contributed by atoms with Crippen LogP contribution in [0.5, 0.6) is 5.75 Å². The molecular weight excluding hydrogens is 320 g/mol. The Morgan fingerprint density at radius 3 is 2.80 bits per heavy atom. The summed E-state index contributed by atoms with van der Waals surface area (Å²) in [6.07, 6.45) is 2.13. The second-order valence-electron chi connectivity index (χ2n) is 5.17. The maximum atomic E-state index is 12.2. The molecule has 0 aromatic heterocycles. The van der Waals surface area contributed by atoms with E-state index in [0.717, 1.165) is 28.6 Å². The van der Waals surface area contributed by atoms with Crippen molar-refractivity contribution in [3.63, 3.8) is 0 Å². The molecule has 0 heterocycles. The topological polar surface area (TPSA) is 55.6 Å². The van der Waals surface area contributed by atoms with E-state index in [-0.39, 0.29) is 5.91 Å². The second-order valence-corrected chi connectivity index (χ2v) is 6.09. The van der Waals surface area contributed by atoms with Crippen LogP contribution >= 0.6 is 15.9 Å². The van der Waals surface area contributed by atoms with E-state index in [2.05, 4.69) is 15.9 Å². The van der Waals surface area contributed by atoms with Gasteiger partial charge < -0.3 is 15.4 Å². The van der Waals surface area contributed by atoms with E-state index >= 15 is 0 Å². The Balaban J connectivity index is 2.21. The van der Waals surface area contributed by atoms with Gasteiger partial charge >= 0.3 is 0 Å². The highest BCUT2D eigenvalue weighted by molar-refractivity contribution is 9.10. The number of benzene rings is 1. The molecule has 0 unspecified atom stereocenters. The highest BCUT2D eigenvalue weighted by atomic mass is 79.9. The first kappa shape index (κ1) is 15.3. The minimum Gasteiger partial charge on any atom is -0.494 e. The molecule has 2 rings (SSSR count). The van der Waals surface area contributed by atoms with Gasteiger partial charge in [-0.1, -0.05) is 15.9 Å². The smallest absolute Gasteiger partial charge is 0.239 e. The van der Waals surface area contributed by atoms with Crippen LogP contribution in [0.15, 0.2) is 22.7 Å². The van der Waals surface area contributed by atoms with Gasteiger partial charge in [-0.25, -0.2) is 0 Å². The van der Waals surface area contributed by atoms with Crippen molar-refractivity contribution in [3.05, 3.63) is 28.2 Å². The van der Waals surface area contributed by atoms with Crippen molar-refractivity contribution < 1.29 is 9.53 Å². The molecule has 1 atom stereocenters. The quantitative estimate of drug-likeness (QED) is 0.866. The number of halogens is 1. The first-order valence-corrected chi connectivity index (χ1v) is 7.79. The minimum absolute atomic E-state index is 0.00919. The van der Waals surface area contributed by atoms with Gasteiger partial charge in [0.1, 0.15) is 5.75 Å². The number of carbonyl (C=O) groups is 1. The number of ether oxygens (including phenoxy) is 1. The lowest BCUT2D eigenvalue weighted by Gasteiger charge is -2.25. The van der Waals surface area contributed by atoms with E-state index in [1.165, 1.54) is 0 Å². The van der Waals surface area contributed by atoms with E-state index < -0.39 is 6.04 Å². The van der Waals surface area contributed by atoms with Gasteiger partial charge in [-0.05, 0) is 44.9 Å². The molecular formula is C15H21BrN2O2. The van der Waals surface area contributed by atoms with Crippen LogP contribution in [-0.4, -0.2) is 29.5 Å². The van der Waals surface area contributed by atoms with Crippen molar-refractivity contribution in [2.24, 2.45) is 5.73 Å². The Bertz CT molecular complexity index is 487. The largest absolute Gasteiger partial charge is 0.494 e. The van der Waals surface area contributed by atoms with E-state index in [9.17, 15) is 4.79 Å². The van der Waals surface area contributed by atoms with Gasteiger partial charge in [-0.15, -0.1) is 0 Å². The van der Waals surface area contributed by atoms with Crippen LogP contribution < -0.4 is 10.5 Å². The van der Waals surface area contributed by atoms with Crippen molar-refractivity contribution in [1.82, 2.24) is 4.90 Å². The predicted molar refractivity (Wildman–Crippen MR) is 82.5 cm³/mol. The molecule has 1 amide bonds. The van der Waals surface area contributed by atoms with Crippen molar-refractivity contribution in [1.29, 1.82) is 0 Å². The summed E-state index contributed by atoms with van der Waals surface area (Å²) in [5, 5.41) is 0. The lowest BCUT2D eigenvalue weighted by molar-refractivity contribution is -0.133. The number of nitrogens with two attached hydrogens (primary N) is 1. The van der Waals surface area contributed by atoms with Crippen LogP contribution in [0.1, 0.15) is 32.3 Å². The maximum absolute atomic E-state index is 12.2. The fourth-order valence-corrected chi connectivity index (χ4v) is 2.59. The van der Waals surface area contributed by atoms with Crippen LogP contribution in [0.2, 0.25) is 0 Å². The second kappa shape index (κ2) is 6.59. The lowest BCUT2D eigenvalue weighted by Crippen LogP contribution is -2.42. The Morgan fingerprint density at radius 1 is 1.55 bits per heavy atom. The van der Waals surface area contributed by atoms with Gasteiger partial charge in [0.25, 0.3) is 0 Å². The van der Waals surface area contributed by atoms with Gasteiger partial charge in [0.05, 0.1) is 12.6 Å². The van der Waals surface area contributed by atoms with Crippen molar-refractivity contribution in [3.8, 4) is 5.75 Å². The molecule has 20 heavy (non-hydrogen) atoms. The van der Waals surface area contributed by atoms with Crippen molar-refractivity contribution in [2.45, 2.75) is 45.3 Å². The zero-order valence-corrected chi connectivity index (χ0v) is 13.5. The third kappa shape index (κ3) is 3.73. The Morgan fingerprint density at radius 2 is 2.25 bits per heavy atom. The summed E-state index contributed by atoms with van der Waals surface area (Å²) in [6.45, 7) is 4.86. The third-order valence-corrected chi connectivity index (χ3v) is 3.82. The van der Waals surface area contributed by atoms with E-state index in [0.29, 0.717) is 19.2 Å². The number of amides is 1. The fourth-order valence-electron chi connectivity index (χ4n) is 2.19. The Hall–Kier alpha value is -1.07. The number of nitrogens with zero attached hydrogens (tertiary/aromatic N) is 1. The highest BCUT2D eigenvalue weighted by Crippen LogP contribution is 2.32. The van der Waals surface area contributed by atoms with Crippen molar-refractivity contribution >= 4 is 21.8 Å². The molecule has 0 bridgehead atoms. The first-order chi connectivity index (χ1) is 9.52. The summed E-state index contributed by atoms with van der Waals surface area (Å²) < 4.78 is 6.63. The maximum Gasteiger partial charge on any atom is 0.239 e.